The first kappa shape index (κ1) is 34.8. The molecular formula is C32H64O2S. The van der Waals surface area contributed by atoms with Crippen molar-refractivity contribution < 1.29 is 9.90 Å². The molecule has 3 heteroatoms. The van der Waals surface area contributed by atoms with Crippen molar-refractivity contribution in [2.45, 2.75) is 192 Å². The maximum Gasteiger partial charge on any atom is 0.313 e. The van der Waals surface area contributed by atoms with E-state index in [1.165, 1.54) is 173 Å². The molecule has 2 nitrogen and oxygen atoms in total. The number of carboxylic acids is 1. The Morgan fingerprint density at radius 1 is 0.486 bits per heavy atom. The molecule has 0 saturated heterocycles. The van der Waals surface area contributed by atoms with Gasteiger partial charge in [0.25, 0.3) is 0 Å². The Morgan fingerprint density at radius 3 is 1.03 bits per heavy atom. The molecule has 0 rings (SSSR count). The van der Waals surface area contributed by atoms with Gasteiger partial charge < -0.3 is 5.11 Å². The lowest BCUT2D eigenvalue weighted by atomic mass is 10.0. The van der Waals surface area contributed by atoms with Crippen LogP contribution in [0.2, 0.25) is 0 Å². The van der Waals surface area contributed by atoms with Crippen LogP contribution in [0.4, 0.5) is 0 Å². The van der Waals surface area contributed by atoms with E-state index in [4.69, 9.17) is 5.11 Å². The molecule has 0 aliphatic rings. The van der Waals surface area contributed by atoms with Crippen molar-refractivity contribution in [2.75, 3.05) is 5.75 Å². The monoisotopic (exact) mass is 512 g/mol. The average Bonchev–Trinajstić information content (AvgIpc) is 2.85. The molecule has 210 valence electrons. The number of carbonyl (C=O) groups is 1. The standard InChI is InChI=1S/C32H64O2S/c1-3-5-7-9-10-11-12-13-14-15-16-17-18-19-20-21-22-23-24-25-27-29-31(35-30-32(33)34)28-26-8-6-4-2/h31H,3-30H2,1-2H3,(H,33,34). The summed E-state index contributed by atoms with van der Waals surface area (Å²) in [6.45, 7) is 4.54. The summed E-state index contributed by atoms with van der Waals surface area (Å²) in [6, 6.07) is 0. The maximum absolute atomic E-state index is 10.9. The predicted octanol–water partition coefficient (Wildman–Crippen LogP) is 11.7. The van der Waals surface area contributed by atoms with Crippen LogP contribution in [0.25, 0.3) is 0 Å². The molecule has 1 atom stereocenters. The van der Waals surface area contributed by atoms with Crippen LogP contribution in [0, 0.1) is 0 Å². The van der Waals surface area contributed by atoms with Crippen LogP contribution in [-0.4, -0.2) is 22.1 Å². The van der Waals surface area contributed by atoms with Gasteiger partial charge in [-0.2, -0.15) is 0 Å². The fourth-order valence-electron chi connectivity index (χ4n) is 5.10. The Labute approximate surface area is 225 Å². The van der Waals surface area contributed by atoms with E-state index in [9.17, 15) is 4.79 Å². The lowest BCUT2D eigenvalue weighted by Crippen LogP contribution is -2.08. The highest BCUT2D eigenvalue weighted by Gasteiger charge is 2.11. The van der Waals surface area contributed by atoms with E-state index >= 15 is 0 Å². The van der Waals surface area contributed by atoms with Crippen molar-refractivity contribution in [3.63, 3.8) is 0 Å². The van der Waals surface area contributed by atoms with Crippen LogP contribution in [0.15, 0.2) is 0 Å². The van der Waals surface area contributed by atoms with Crippen LogP contribution >= 0.6 is 11.8 Å². The van der Waals surface area contributed by atoms with Crippen LogP contribution in [0.1, 0.15) is 187 Å². The van der Waals surface area contributed by atoms with Crippen molar-refractivity contribution in [3.8, 4) is 0 Å². The summed E-state index contributed by atoms with van der Waals surface area (Å²) < 4.78 is 0. The number of thioether (sulfide) groups is 1. The summed E-state index contributed by atoms with van der Waals surface area (Å²) in [4.78, 5) is 10.9. The second kappa shape index (κ2) is 30.0. The minimum atomic E-state index is -0.660. The second-order valence-electron chi connectivity index (χ2n) is 11.0. The van der Waals surface area contributed by atoms with Crippen LogP contribution in [-0.2, 0) is 4.79 Å². The zero-order chi connectivity index (χ0) is 25.7. The van der Waals surface area contributed by atoms with Crippen molar-refractivity contribution >= 4 is 17.7 Å². The molecule has 0 radical (unpaired) electrons. The predicted molar refractivity (Wildman–Crippen MR) is 160 cm³/mol. The molecule has 0 saturated carbocycles. The Bertz CT molecular complexity index is 412. The molecule has 0 aromatic heterocycles. The van der Waals surface area contributed by atoms with Crippen molar-refractivity contribution in [3.05, 3.63) is 0 Å². The van der Waals surface area contributed by atoms with Crippen molar-refractivity contribution in [1.29, 1.82) is 0 Å². The number of hydrogen-bond acceptors (Lipinski definition) is 2. The quantitative estimate of drug-likeness (QED) is 0.0972. The van der Waals surface area contributed by atoms with E-state index in [0.29, 0.717) is 5.25 Å². The van der Waals surface area contributed by atoms with Gasteiger partial charge in [-0.1, -0.05) is 174 Å². The number of aliphatic carboxylic acids is 1. The SMILES string of the molecule is CCCCCCCCCCCCCCCCCCCCCCCC(CCCCCC)SCC(=O)O. The van der Waals surface area contributed by atoms with Gasteiger partial charge in [0, 0.05) is 5.25 Å². The lowest BCUT2D eigenvalue weighted by molar-refractivity contribution is -0.133. The van der Waals surface area contributed by atoms with Crippen LogP contribution in [0.5, 0.6) is 0 Å². The van der Waals surface area contributed by atoms with E-state index in [1.54, 1.807) is 11.8 Å². The Kier molecular flexibility index (Phi) is 29.9. The molecule has 0 aliphatic carbocycles. The minimum absolute atomic E-state index is 0.275. The van der Waals surface area contributed by atoms with Gasteiger partial charge in [0.05, 0.1) is 5.75 Å². The molecule has 0 heterocycles. The number of unbranched alkanes of at least 4 members (excludes halogenated alkanes) is 23. The van der Waals surface area contributed by atoms with Gasteiger partial charge in [0.15, 0.2) is 0 Å². The molecular weight excluding hydrogens is 448 g/mol. The first-order chi connectivity index (χ1) is 17.2. The van der Waals surface area contributed by atoms with E-state index in [1.807, 2.05) is 0 Å². The Balaban J connectivity index is 3.34. The van der Waals surface area contributed by atoms with Crippen molar-refractivity contribution in [2.24, 2.45) is 0 Å². The summed E-state index contributed by atoms with van der Waals surface area (Å²) in [5.74, 6) is -0.384. The molecule has 0 amide bonds. The second-order valence-corrected chi connectivity index (χ2v) is 12.3. The third kappa shape index (κ3) is 29.9. The van der Waals surface area contributed by atoms with Gasteiger partial charge in [-0.05, 0) is 12.8 Å². The zero-order valence-corrected chi connectivity index (χ0v) is 25.0. The summed E-state index contributed by atoms with van der Waals surface area (Å²) in [5, 5.41) is 9.56. The highest BCUT2D eigenvalue weighted by atomic mass is 32.2. The fraction of sp³-hybridized carbons (Fsp3) is 0.969. The lowest BCUT2D eigenvalue weighted by Gasteiger charge is -2.15. The van der Waals surface area contributed by atoms with Crippen LogP contribution < -0.4 is 0 Å². The van der Waals surface area contributed by atoms with Gasteiger partial charge in [-0.15, -0.1) is 11.8 Å². The van der Waals surface area contributed by atoms with E-state index in [2.05, 4.69) is 13.8 Å². The van der Waals surface area contributed by atoms with Crippen LogP contribution in [0.3, 0.4) is 0 Å². The normalized spacial score (nSPS) is 12.3. The molecule has 0 spiro atoms. The van der Waals surface area contributed by atoms with Gasteiger partial charge in [-0.25, -0.2) is 0 Å². The molecule has 0 aromatic rings. The molecule has 0 aliphatic heterocycles. The summed E-state index contributed by atoms with van der Waals surface area (Å²) in [6.07, 6.45) is 37.5. The molecule has 0 aromatic carbocycles. The first-order valence-electron chi connectivity index (χ1n) is 16.0. The topological polar surface area (TPSA) is 37.3 Å². The van der Waals surface area contributed by atoms with E-state index in [-0.39, 0.29) is 5.75 Å². The van der Waals surface area contributed by atoms with E-state index in [0.717, 1.165) is 0 Å². The highest BCUT2D eigenvalue weighted by Crippen LogP contribution is 2.24. The molecule has 1 N–H and O–H groups in total. The third-order valence-electron chi connectivity index (χ3n) is 7.45. The van der Waals surface area contributed by atoms with Gasteiger partial charge in [0.2, 0.25) is 0 Å². The van der Waals surface area contributed by atoms with Gasteiger partial charge in [-0.3, -0.25) is 4.79 Å². The summed E-state index contributed by atoms with van der Waals surface area (Å²) in [5.41, 5.74) is 0. The average molecular weight is 513 g/mol. The molecule has 35 heavy (non-hydrogen) atoms. The summed E-state index contributed by atoms with van der Waals surface area (Å²) in [7, 11) is 0. The highest BCUT2D eigenvalue weighted by molar-refractivity contribution is 8.00. The van der Waals surface area contributed by atoms with Crippen molar-refractivity contribution in [1.82, 2.24) is 0 Å². The van der Waals surface area contributed by atoms with E-state index < -0.39 is 5.97 Å². The summed E-state index contributed by atoms with van der Waals surface area (Å²) >= 11 is 1.68. The zero-order valence-electron chi connectivity index (χ0n) is 24.1. The smallest absolute Gasteiger partial charge is 0.313 e. The maximum atomic E-state index is 10.9. The molecule has 0 fully saturated rings. The van der Waals surface area contributed by atoms with Gasteiger partial charge in [0.1, 0.15) is 0 Å². The number of rotatable bonds is 30. The third-order valence-corrected chi connectivity index (χ3v) is 8.81. The Hall–Kier alpha value is -0.180. The fourth-order valence-corrected chi connectivity index (χ4v) is 6.15. The largest absolute Gasteiger partial charge is 0.481 e. The number of carboxylic acid groups (broad SMARTS) is 1. The van der Waals surface area contributed by atoms with Gasteiger partial charge >= 0.3 is 5.97 Å². The molecule has 0 bridgehead atoms. The minimum Gasteiger partial charge on any atom is -0.481 e. The number of hydrogen-bond donors (Lipinski definition) is 1. The Morgan fingerprint density at radius 2 is 0.743 bits per heavy atom. The first-order valence-corrected chi connectivity index (χ1v) is 17.1. The molecule has 1 unspecified atom stereocenters.